The molecule has 9 heavy (non-hydrogen) atoms. The fraction of sp³-hybridized carbons (Fsp3) is 0.667. The van der Waals surface area contributed by atoms with Gasteiger partial charge in [-0.15, -0.1) is 0 Å². The maximum Gasteiger partial charge on any atom is 0.0417 e. The second-order valence-corrected chi connectivity index (χ2v) is 6.55. The third-order valence-electron chi connectivity index (χ3n) is 1.33. The van der Waals surface area contributed by atoms with Crippen molar-refractivity contribution in [2.75, 3.05) is 0 Å². The summed E-state index contributed by atoms with van der Waals surface area (Å²) in [5.74, 6) is 0. The third-order valence-corrected chi connectivity index (χ3v) is 8.20. The molecule has 0 saturated carbocycles. The number of hydrogen-bond acceptors (Lipinski definition) is 0. The Morgan fingerprint density at radius 3 is 2.33 bits per heavy atom. The SMILES string of the molecule is IC1C=CCC(I)C1I. The highest BCUT2D eigenvalue weighted by Crippen LogP contribution is 2.30. The molecule has 3 atom stereocenters. The summed E-state index contributed by atoms with van der Waals surface area (Å²) in [6.45, 7) is 0. The first-order valence-corrected chi connectivity index (χ1v) is 6.54. The molecule has 0 N–H and O–H groups in total. The second-order valence-electron chi connectivity index (χ2n) is 2.07. The van der Waals surface area contributed by atoms with E-state index in [4.69, 9.17) is 0 Å². The van der Waals surface area contributed by atoms with Gasteiger partial charge in [-0.05, 0) is 6.42 Å². The Hall–Kier alpha value is 1.93. The zero-order chi connectivity index (χ0) is 6.85. The summed E-state index contributed by atoms with van der Waals surface area (Å²) in [5, 5.41) is 0. The van der Waals surface area contributed by atoms with E-state index in [1.807, 2.05) is 0 Å². The lowest BCUT2D eigenvalue weighted by Crippen LogP contribution is -2.25. The Kier molecular flexibility index (Phi) is 4.09. The smallest absolute Gasteiger partial charge is 0.0417 e. The molecule has 0 aromatic carbocycles. The van der Waals surface area contributed by atoms with E-state index in [1.54, 1.807) is 0 Å². The predicted molar refractivity (Wildman–Crippen MR) is 67.2 cm³/mol. The normalized spacial score (nSPS) is 43.2. The summed E-state index contributed by atoms with van der Waals surface area (Å²) in [5.41, 5.74) is 0. The molecule has 0 heterocycles. The van der Waals surface area contributed by atoms with Crippen LogP contribution >= 0.6 is 67.8 Å². The van der Waals surface area contributed by atoms with Crippen LogP contribution in [0.15, 0.2) is 12.2 Å². The van der Waals surface area contributed by atoms with Crippen LogP contribution in [0, 0.1) is 0 Å². The summed E-state index contributed by atoms with van der Waals surface area (Å²) >= 11 is 7.58. The summed E-state index contributed by atoms with van der Waals surface area (Å²) in [6, 6.07) is 0. The van der Waals surface area contributed by atoms with E-state index in [1.165, 1.54) is 6.42 Å². The van der Waals surface area contributed by atoms with Gasteiger partial charge in [-0.25, -0.2) is 0 Å². The van der Waals surface area contributed by atoms with Gasteiger partial charge in [0.05, 0.1) is 0 Å². The molecule has 0 saturated heterocycles. The lowest BCUT2D eigenvalue weighted by Gasteiger charge is -2.22. The molecule has 3 unspecified atom stereocenters. The molecule has 1 aliphatic carbocycles. The summed E-state index contributed by atoms with van der Waals surface area (Å²) in [6.07, 6.45) is 5.86. The van der Waals surface area contributed by atoms with Gasteiger partial charge in [-0.2, -0.15) is 0 Å². The molecule has 1 aliphatic rings. The summed E-state index contributed by atoms with van der Waals surface area (Å²) < 4.78 is 2.42. The minimum Gasteiger partial charge on any atom is -0.0864 e. The first-order valence-electron chi connectivity index (χ1n) is 2.80. The van der Waals surface area contributed by atoms with Crippen molar-refractivity contribution in [3.63, 3.8) is 0 Å². The van der Waals surface area contributed by atoms with E-state index in [9.17, 15) is 0 Å². The van der Waals surface area contributed by atoms with Crippen LogP contribution in [0.1, 0.15) is 6.42 Å². The van der Waals surface area contributed by atoms with Crippen LogP contribution in [0.2, 0.25) is 0 Å². The first-order chi connectivity index (χ1) is 4.22. The highest BCUT2D eigenvalue weighted by molar-refractivity contribution is 14.1. The van der Waals surface area contributed by atoms with Gasteiger partial charge < -0.3 is 0 Å². The topological polar surface area (TPSA) is 0 Å². The van der Waals surface area contributed by atoms with Gasteiger partial charge >= 0.3 is 0 Å². The van der Waals surface area contributed by atoms with Crippen molar-refractivity contribution in [1.82, 2.24) is 0 Å². The Labute approximate surface area is 96.7 Å². The molecule has 0 aromatic heterocycles. The van der Waals surface area contributed by atoms with Gasteiger partial charge in [0.1, 0.15) is 0 Å². The van der Waals surface area contributed by atoms with Crippen LogP contribution in [0.25, 0.3) is 0 Å². The van der Waals surface area contributed by atoms with E-state index >= 15 is 0 Å². The van der Waals surface area contributed by atoms with Crippen molar-refractivity contribution in [2.45, 2.75) is 18.2 Å². The van der Waals surface area contributed by atoms with Gasteiger partial charge in [-0.1, -0.05) is 79.9 Å². The number of alkyl halides is 3. The molecule has 1 rings (SSSR count). The fourth-order valence-corrected chi connectivity index (χ4v) is 3.64. The van der Waals surface area contributed by atoms with Crippen LogP contribution in [0.3, 0.4) is 0 Å². The van der Waals surface area contributed by atoms with Crippen molar-refractivity contribution in [2.24, 2.45) is 0 Å². The largest absolute Gasteiger partial charge is 0.0864 e. The molecule has 52 valence electrons. The van der Waals surface area contributed by atoms with Crippen molar-refractivity contribution in [3.05, 3.63) is 12.2 Å². The predicted octanol–water partition coefficient (Wildman–Crippen LogP) is 3.36. The van der Waals surface area contributed by atoms with E-state index in [2.05, 4.69) is 79.9 Å². The molecule has 0 nitrogen and oxygen atoms in total. The average molecular weight is 460 g/mol. The van der Waals surface area contributed by atoms with E-state index in [0.29, 0.717) is 0 Å². The standard InChI is InChI=1S/C6H7I3/c7-4-2-1-3-5(8)6(4)9/h1-2,4-6H,3H2. The lowest BCUT2D eigenvalue weighted by atomic mass is 10.1. The molecule has 0 spiro atoms. The zero-order valence-corrected chi connectivity index (χ0v) is 11.2. The van der Waals surface area contributed by atoms with Crippen LogP contribution in [0.5, 0.6) is 0 Å². The van der Waals surface area contributed by atoms with Gasteiger partial charge in [0.15, 0.2) is 0 Å². The highest BCUT2D eigenvalue weighted by Gasteiger charge is 2.23. The maximum atomic E-state index is 2.54. The van der Waals surface area contributed by atoms with Crippen molar-refractivity contribution >= 4 is 67.8 Å². The number of allylic oxidation sites excluding steroid dienone is 2. The maximum absolute atomic E-state index is 2.54. The molecule has 0 bridgehead atoms. The minimum atomic E-state index is 0.749. The Morgan fingerprint density at radius 1 is 1.22 bits per heavy atom. The molecule has 3 heteroatoms. The van der Waals surface area contributed by atoms with Gasteiger partial charge in [0.25, 0.3) is 0 Å². The van der Waals surface area contributed by atoms with Gasteiger partial charge in [-0.3, -0.25) is 0 Å². The van der Waals surface area contributed by atoms with Crippen molar-refractivity contribution < 1.29 is 0 Å². The zero-order valence-electron chi connectivity index (χ0n) is 4.73. The molecular formula is C6H7I3. The minimum absolute atomic E-state index is 0.749. The molecular weight excluding hydrogens is 453 g/mol. The summed E-state index contributed by atoms with van der Waals surface area (Å²) in [7, 11) is 0. The van der Waals surface area contributed by atoms with Crippen molar-refractivity contribution in [3.8, 4) is 0 Å². The quantitative estimate of drug-likeness (QED) is 0.296. The fourth-order valence-electron chi connectivity index (χ4n) is 0.774. The van der Waals surface area contributed by atoms with Crippen LogP contribution in [-0.2, 0) is 0 Å². The van der Waals surface area contributed by atoms with Gasteiger partial charge in [0, 0.05) is 11.8 Å². The van der Waals surface area contributed by atoms with Crippen LogP contribution in [-0.4, -0.2) is 11.8 Å². The lowest BCUT2D eigenvalue weighted by molar-refractivity contribution is 0.840. The number of hydrogen-bond donors (Lipinski definition) is 0. The average Bonchev–Trinajstić information content (AvgIpc) is 1.83. The van der Waals surface area contributed by atoms with Crippen LogP contribution < -0.4 is 0 Å². The molecule has 0 fully saturated rings. The molecule has 0 aliphatic heterocycles. The van der Waals surface area contributed by atoms with E-state index < -0.39 is 0 Å². The first kappa shape index (κ1) is 9.02. The Balaban J connectivity index is 2.58. The van der Waals surface area contributed by atoms with Crippen LogP contribution in [0.4, 0.5) is 0 Å². The summed E-state index contributed by atoms with van der Waals surface area (Å²) in [4.78, 5) is 0. The molecule has 0 aromatic rings. The highest BCUT2D eigenvalue weighted by atomic mass is 127. The monoisotopic (exact) mass is 460 g/mol. The number of halogens is 3. The Bertz CT molecular complexity index is 121. The number of rotatable bonds is 0. The van der Waals surface area contributed by atoms with Gasteiger partial charge in [0.2, 0.25) is 0 Å². The Morgan fingerprint density at radius 2 is 1.89 bits per heavy atom. The van der Waals surface area contributed by atoms with Crippen molar-refractivity contribution in [1.29, 1.82) is 0 Å². The molecule has 0 amide bonds. The third kappa shape index (κ3) is 2.46. The second kappa shape index (κ2) is 4.08. The van der Waals surface area contributed by atoms with E-state index in [0.717, 1.165) is 11.8 Å². The van der Waals surface area contributed by atoms with E-state index in [-0.39, 0.29) is 0 Å². The molecule has 0 radical (unpaired) electrons.